The molecule has 0 radical (unpaired) electrons. The first-order valence-electron chi connectivity index (χ1n) is 6.86. The van der Waals surface area contributed by atoms with Gasteiger partial charge in [-0.05, 0) is 23.8 Å². The number of benzene rings is 2. The second-order valence-corrected chi connectivity index (χ2v) is 5.93. The molecule has 0 fully saturated rings. The molecule has 1 amide bonds. The number of hydrogen-bond donors (Lipinski definition) is 0. The van der Waals surface area contributed by atoms with E-state index in [2.05, 4.69) is 15.9 Å². The van der Waals surface area contributed by atoms with Crippen molar-refractivity contribution < 1.29 is 4.79 Å². The molecule has 3 rings (SSSR count). The maximum Gasteiger partial charge on any atom is 0.261 e. The highest BCUT2D eigenvalue weighted by molar-refractivity contribution is 9.10. The zero-order chi connectivity index (χ0) is 16.4. The normalized spacial score (nSPS) is 12.6. The number of halogens is 1. The van der Waals surface area contributed by atoms with Gasteiger partial charge in [0.2, 0.25) is 0 Å². The Bertz CT molecular complexity index is 888. The summed E-state index contributed by atoms with van der Waals surface area (Å²) in [7, 11) is 0. The highest BCUT2D eigenvalue weighted by atomic mass is 79.9. The molecule has 0 atom stereocenters. The van der Waals surface area contributed by atoms with E-state index in [9.17, 15) is 4.79 Å². The number of anilines is 1. The molecule has 0 unspecified atom stereocenters. The zero-order valence-corrected chi connectivity index (χ0v) is 13.5. The molecule has 0 saturated carbocycles. The highest BCUT2D eigenvalue weighted by Crippen LogP contribution is 2.40. The lowest BCUT2D eigenvalue weighted by Gasteiger charge is -2.17. The van der Waals surface area contributed by atoms with Crippen LogP contribution in [0.25, 0.3) is 5.57 Å². The monoisotopic (exact) mass is 363 g/mol. The van der Waals surface area contributed by atoms with Crippen molar-refractivity contribution in [3.05, 3.63) is 69.7 Å². The molecule has 5 heteroatoms. The van der Waals surface area contributed by atoms with Crippen LogP contribution in [0.5, 0.6) is 0 Å². The first-order valence-corrected chi connectivity index (χ1v) is 7.65. The lowest BCUT2D eigenvalue weighted by molar-refractivity contribution is -0.113. The van der Waals surface area contributed by atoms with Crippen molar-refractivity contribution in [2.75, 3.05) is 4.90 Å². The summed E-state index contributed by atoms with van der Waals surface area (Å²) in [5, 5.41) is 18.3. The van der Waals surface area contributed by atoms with Crippen molar-refractivity contribution >= 4 is 33.1 Å². The van der Waals surface area contributed by atoms with Crippen LogP contribution in [0.4, 0.5) is 5.69 Å². The zero-order valence-electron chi connectivity index (χ0n) is 12.0. The smallest absolute Gasteiger partial charge is 0.261 e. The lowest BCUT2D eigenvalue weighted by Crippen LogP contribution is -2.26. The summed E-state index contributed by atoms with van der Waals surface area (Å²) in [5.41, 5.74) is 2.30. The molecule has 1 aliphatic heterocycles. The van der Waals surface area contributed by atoms with Gasteiger partial charge in [-0.25, -0.2) is 0 Å². The molecule has 1 heterocycles. The van der Waals surface area contributed by atoms with Gasteiger partial charge < -0.3 is 4.90 Å². The molecule has 0 bridgehead atoms. The molecule has 0 aromatic heterocycles. The third-order valence-corrected chi connectivity index (χ3v) is 4.13. The van der Waals surface area contributed by atoms with E-state index < -0.39 is 0 Å². The van der Waals surface area contributed by atoms with Gasteiger partial charge in [0.05, 0.1) is 17.8 Å². The first-order chi connectivity index (χ1) is 11.2. The van der Waals surface area contributed by atoms with Crippen LogP contribution in [0.3, 0.4) is 0 Å². The Labute approximate surface area is 142 Å². The minimum atomic E-state index is -0.319. The van der Waals surface area contributed by atoms with Gasteiger partial charge in [-0.2, -0.15) is 10.5 Å². The van der Waals surface area contributed by atoms with E-state index in [0.29, 0.717) is 17.8 Å². The van der Waals surface area contributed by atoms with Gasteiger partial charge in [0.25, 0.3) is 5.91 Å². The summed E-state index contributed by atoms with van der Waals surface area (Å²) in [6, 6.07) is 18.7. The van der Waals surface area contributed by atoms with E-state index in [4.69, 9.17) is 10.5 Å². The van der Waals surface area contributed by atoms with Gasteiger partial charge in [-0.3, -0.25) is 4.79 Å². The van der Waals surface area contributed by atoms with Crippen molar-refractivity contribution in [1.82, 2.24) is 0 Å². The Kier molecular flexibility index (Phi) is 3.97. The van der Waals surface area contributed by atoms with Crippen molar-refractivity contribution in [1.29, 1.82) is 10.5 Å². The number of hydrogen-bond acceptors (Lipinski definition) is 3. The summed E-state index contributed by atoms with van der Waals surface area (Å²) in [4.78, 5) is 14.4. The predicted molar refractivity (Wildman–Crippen MR) is 89.9 cm³/mol. The number of carbonyl (C=O) groups excluding carboxylic acids is 1. The average molecular weight is 364 g/mol. The maximum absolute atomic E-state index is 12.8. The van der Waals surface area contributed by atoms with Gasteiger partial charge in [0.1, 0.15) is 17.7 Å². The number of fused-ring (bicyclic) bond motifs is 1. The molecule has 0 saturated heterocycles. The molecule has 0 aliphatic carbocycles. The number of carbonyl (C=O) groups is 1. The molecule has 110 valence electrons. The minimum absolute atomic E-state index is 0.162. The van der Waals surface area contributed by atoms with Crippen molar-refractivity contribution in [2.24, 2.45) is 0 Å². The van der Waals surface area contributed by atoms with Crippen LogP contribution in [0.15, 0.2) is 58.6 Å². The fourth-order valence-corrected chi connectivity index (χ4v) is 2.97. The quantitative estimate of drug-likeness (QED) is 0.601. The Hall–Kier alpha value is -2.89. The topological polar surface area (TPSA) is 67.9 Å². The van der Waals surface area contributed by atoms with Crippen molar-refractivity contribution in [2.45, 2.75) is 6.54 Å². The van der Waals surface area contributed by atoms with E-state index in [1.54, 1.807) is 11.0 Å². The fraction of sp³-hybridized carbons (Fsp3) is 0.0556. The molecule has 1 aliphatic rings. The summed E-state index contributed by atoms with van der Waals surface area (Å²) < 4.78 is 0.790. The van der Waals surface area contributed by atoms with Gasteiger partial charge in [0, 0.05) is 10.0 Å². The highest BCUT2D eigenvalue weighted by Gasteiger charge is 2.35. The standard InChI is InChI=1S/C18H10BrN3O/c19-14-6-7-16-15(8-14)17(13(9-20)10-21)18(23)22(16)11-12-4-2-1-3-5-12/h1-8H,11H2. The van der Waals surface area contributed by atoms with Crippen molar-refractivity contribution in [3.63, 3.8) is 0 Å². The number of nitriles is 2. The lowest BCUT2D eigenvalue weighted by atomic mass is 10.0. The summed E-state index contributed by atoms with van der Waals surface area (Å²) in [6.07, 6.45) is 0. The van der Waals surface area contributed by atoms with E-state index in [-0.39, 0.29) is 17.1 Å². The third-order valence-electron chi connectivity index (χ3n) is 3.63. The molecule has 0 spiro atoms. The Morgan fingerprint density at radius 3 is 2.43 bits per heavy atom. The van der Waals surface area contributed by atoms with Gasteiger partial charge >= 0.3 is 0 Å². The molecular weight excluding hydrogens is 354 g/mol. The van der Waals surface area contributed by atoms with Gasteiger partial charge in [-0.1, -0.05) is 46.3 Å². The average Bonchev–Trinajstić information content (AvgIpc) is 2.82. The summed E-state index contributed by atoms with van der Waals surface area (Å²) in [5.74, 6) is -0.319. The van der Waals surface area contributed by atoms with Crippen LogP contribution in [-0.2, 0) is 11.3 Å². The molecular formula is C18H10BrN3O. The number of amides is 1. The second kappa shape index (κ2) is 6.08. The van der Waals surface area contributed by atoms with E-state index in [1.807, 2.05) is 54.6 Å². The fourth-order valence-electron chi connectivity index (χ4n) is 2.60. The molecule has 2 aromatic carbocycles. The van der Waals surface area contributed by atoms with Crippen molar-refractivity contribution in [3.8, 4) is 12.1 Å². The summed E-state index contributed by atoms with van der Waals surface area (Å²) in [6.45, 7) is 0.391. The Morgan fingerprint density at radius 1 is 1.09 bits per heavy atom. The third kappa shape index (κ3) is 2.63. The number of rotatable bonds is 2. The Balaban J connectivity index is 2.15. The molecule has 23 heavy (non-hydrogen) atoms. The van der Waals surface area contributed by atoms with Gasteiger partial charge in [-0.15, -0.1) is 0 Å². The second-order valence-electron chi connectivity index (χ2n) is 5.01. The first kappa shape index (κ1) is 15.0. The molecule has 2 aromatic rings. The molecule has 4 nitrogen and oxygen atoms in total. The largest absolute Gasteiger partial charge is 0.303 e. The van der Waals surface area contributed by atoms with Crippen LogP contribution in [-0.4, -0.2) is 5.91 Å². The van der Waals surface area contributed by atoms with Gasteiger partial charge in [0.15, 0.2) is 0 Å². The predicted octanol–water partition coefficient (Wildman–Crippen LogP) is 3.80. The number of allylic oxidation sites excluding steroid dienone is 1. The van der Waals surface area contributed by atoms with E-state index in [0.717, 1.165) is 10.0 Å². The van der Waals surface area contributed by atoms with E-state index in [1.165, 1.54) is 0 Å². The van der Waals surface area contributed by atoms with Crippen LogP contribution in [0.1, 0.15) is 11.1 Å². The van der Waals surface area contributed by atoms with E-state index >= 15 is 0 Å². The number of nitrogens with zero attached hydrogens (tertiary/aromatic N) is 3. The summed E-state index contributed by atoms with van der Waals surface area (Å²) >= 11 is 3.37. The van der Waals surface area contributed by atoms with Crippen LogP contribution in [0, 0.1) is 22.7 Å². The minimum Gasteiger partial charge on any atom is -0.303 e. The SMILES string of the molecule is N#CC(C#N)=C1C(=O)N(Cc2ccccc2)c2ccc(Br)cc21. The van der Waals surface area contributed by atoms with Crippen LogP contribution >= 0.6 is 15.9 Å². The molecule has 0 N–H and O–H groups in total. The van der Waals surface area contributed by atoms with Crippen LogP contribution in [0.2, 0.25) is 0 Å². The van der Waals surface area contributed by atoms with Crippen LogP contribution < -0.4 is 4.90 Å². The maximum atomic E-state index is 12.8. The Morgan fingerprint density at radius 2 is 1.78 bits per heavy atom.